The van der Waals surface area contributed by atoms with Crippen molar-refractivity contribution in [3.05, 3.63) is 24.3 Å². The van der Waals surface area contributed by atoms with Gasteiger partial charge in [-0.25, -0.2) is 13.1 Å². The molecule has 1 unspecified atom stereocenters. The van der Waals surface area contributed by atoms with Crippen molar-refractivity contribution in [2.75, 3.05) is 24.6 Å². The third-order valence-corrected chi connectivity index (χ3v) is 4.47. The predicted molar refractivity (Wildman–Crippen MR) is 79.3 cm³/mol. The van der Waals surface area contributed by atoms with Crippen LogP contribution in [0.1, 0.15) is 12.8 Å². The summed E-state index contributed by atoms with van der Waals surface area (Å²) in [6.45, 7) is 0.224. The molecule has 1 aromatic carbocycles. The van der Waals surface area contributed by atoms with E-state index in [1.807, 2.05) is 0 Å². The summed E-state index contributed by atoms with van der Waals surface area (Å²) in [6, 6.07) is 6.78. The first-order chi connectivity index (χ1) is 9.96. The highest BCUT2D eigenvalue weighted by Crippen LogP contribution is 2.19. The number of amides is 1. The molecule has 21 heavy (non-hydrogen) atoms. The van der Waals surface area contributed by atoms with Crippen LogP contribution in [0.5, 0.6) is 5.75 Å². The minimum Gasteiger partial charge on any atom is -0.490 e. The van der Waals surface area contributed by atoms with Crippen LogP contribution in [0.15, 0.2) is 24.3 Å². The van der Waals surface area contributed by atoms with Gasteiger partial charge in [0.25, 0.3) is 0 Å². The van der Waals surface area contributed by atoms with E-state index in [0.717, 1.165) is 0 Å². The number of nitrogens with two attached hydrogens (primary N) is 1. The second kappa shape index (κ2) is 6.77. The Hall–Kier alpha value is -1.80. The van der Waals surface area contributed by atoms with E-state index in [2.05, 4.69) is 10.0 Å². The molecule has 0 aromatic heterocycles. The molecule has 0 spiro atoms. The van der Waals surface area contributed by atoms with Crippen molar-refractivity contribution < 1.29 is 17.9 Å². The first-order valence-electron chi connectivity index (χ1n) is 6.70. The van der Waals surface area contributed by atoms with Crippen LogP contribution in [-0.4, -0.2) is 39.3 Å². The minimum atomic E-state index is -3.44. The summed E-state index contributed by atoms with van der Waals surface area (Å²) in [7, 11) is -3.44. The zero-order valence-electron chi connectivity index (χ0n) is 11.5. The standard InChI is InChI=1S/C13H19N3O4S/c14-11-3-1-2-4-12(11)20-7-8-21(18,19)15-9-10-5-6-13(17)16-10/h1-4,10,15H,5-9,14H2,(H,16,17). The SMILES string of the molecule is Nc1ccccc1OCCS(=O)(=O)NCC1CCC(=O)N1. The lowest BCUT2D eigenvalue weighted by atomic mass is 10.2. The molecule has 1 saturated heterocycles. The molecule has 1 fully saturated rings. The predicted octanol–water partition coefficient (Wildman–Crippen LogP) is -0.154. The Balaban J connectivity index is 1.74. The molecule has 1 amide bonds. The fourth-order valence-corrected chi connectivity index (χ4v) is 2.91. The van der Waals surface area contributed by atoms with E-state index in [4.69, 9.17) is 10.5 Å². The molecule has 0 radical (unpaired) electrons. The quantitative estimate of drug-likeness (QED) is 0.606. The van der Waals surface area contributed by atoms with Gasteiger partial charge in [0, 0.05) is 19.0 Å². The molecule has 0 bridgehead atoms. The van der Waals surface area contributed by atoms with E-state index in [1.54, 1.807) is 24.3 Å². The van der Waals surface area contributed by atoms with Gasteiger partial charge in [-0.05, 0) is 18.6 Å². The molecule has 0 aliphatic carbocycles. The van der Waals surface area contributed by atoms with E-state index in [0.29, 0.717) is 24.3 Å². The van der Waals surface area contributed by atoms with Crippen LogP contribution < -0.4 is 20.5 Å². The van der Waals surface area contributed by atoms with Crippen LogP contribution in [0.25, 0.3) is 0 Å². The first kappa shape index (κ1) is 15.6. The van der Waals surface area contributed by atoms with Crippen molar-refractivity contribution >= 4 is 21.6 Å². The highest BCUT2D eigenvalue weighted by molar-refractivity contribution is 7.89. The number of sulfonamides is 1. The number of hydrogen-bond donors (Lipinski definition) is 3. The van der Waals surface area contributed by atoms with Crippen molar-refractivity contribution in [1.29, 1.82) is 0 Å². The summed E-state index contributed by atoms with van der Waals surface area (Å²) < 4.78 is 31.4. The maximum atomic E-state index is 11.8. The molecule has 8 heteroatoms. The van der Waals surface area contributed by atoms with E-state index < -0.39 is 10.0 Å². The molecule has 7 nitrogen and oxygen atoms in total. The van der Waals surface area contributed by atoms with Crippen LogP contribution in [0.4, 0.5) is 5.69 Å². The van der Waals surface area contributed by atoms with Crippen LogP contribution in [-0.2, 0) is 14.8 Å². The Kier molecular flexibility index (Phi) is 5.03. The molecule has 1 heterocycles. The Bertz CT molecular complexity index is 603. The number of hydrogen-bond acceptors (Lipinski definition) is 5. The third-order valence-electron chi connectivity index (χ3n) is 3.16. The number of ether oxygens (including phenoxy) is 1. The summed E-state index contributed by atoms with van der Waals surface area (Å²) in [5.41, 5.74) is 6.16. The number of para-hydroxylation sites is 2. The van der Waals surface area contributed by atoms with Crippen LogP contribution in [0.3, 0.4) is 0 Å². The lowest BCUT2D eigenvalue weighted by Gasteiger charge is -2.12. The number of carbonyl (C=O) groups is 1. The van der Waals surface area contributed by atoms with Crippen molar-refractivity contribution in [2.24, 2.45) is 0 Å². The molecule has 1 aliphatic rings. The smallest absolute Gasteiger partial charge is 0.220 e. The third kappa shape index (κ3) is 4.91. The zero-order valence-corrected chi connectivity index (χ0v) is 12.4. The van der Waals surface area contributed by atoms with Crippen molar-refractivity contribution in [2.45, 2.75) is 18.9 Å². The Morgan fingerprint density at radius 2 is 2.14 bits per heavy atom. The van der Waals surface area contributed by atoms with Gasteiger partial charge >= 0.3 is 0 Å². The molecular weight excluding hydrogens is 294 g/mol. The second-order valence-electron chi connectivity index (χ2n) is 4.86. The van der Waals surface area contributed by atoms with Crippen molar-refractivity contribution in [3.8, 4) is 5.75 Å². The van der Waals surface area contributed by atoms with Crippen LogP contribution in [0, 0.1) is 0 Å². The van der Waals surface area contributed by atoms with Crippen molar-refractivity contribution in [3.63, 3.8) is 0 Å². The molecule has 1 atom stereocenters. The largest absolute Gasteiger partial charge is 0.490 e. The van der Waals surface area contributed by atoms with Crippen LogP contribution in [0.2, 0.25) is 0 Å². The normalized spacial score (nSPS) is 18.5. The van der Waals surface area contributed by atoms with Gasteiger partial charge in [0.05, 0.1) is 11.4 Å². The molecule has 116 valence electrons. The molecule has 1 aliphatic heterocycles. The van der Waals surface area contributed by atoms with E-state index in [-0.39, 0.29) is 30.9 Å². The monoisotopic (exact) mass is 313 g/mol. The van der Waals surface area contributed by atoms with E-state index >= 15 is 0 Å². The summed E-state index contributed by atoms with van der Waals surface area (Å²) in [4.78, 5) is 11.0. The topological polar surface area (TPSA) is 111 Å². The maximum absolute atomic E-state index is 11.8. The maximum Gasteiger partial charge on any atom is 0.220 e. The van der Waals surface area contributed by atoms with Gasteiger partial charge in [-0.2, -0.15) is 0 Å². The summed E-state index contributed by atoms with van der Waals surface area (Å²) in [5.74, 6) is 0.264. The molecule has 2 rings (SSSR count). The van der Waals surface area contributed by atoms with Crippen LogP contribution >= 0.6 is 0 Å². The number of carbonyl (C=O) groups excluding carboxylic acids is 1. The highest BCUT2D eigenvalue weighted by atomic mass is 32.2. The summed E-state index contributed by atoms with van der Waals surface area (Å²) in [6.07, 6.45) is 1.10. The number of rotatable bonds is 7. The summed E-state index contributed by atoms with van der Waals surface area (Å²) >= 11 is 0. The molecular formula is C13H19N3O4S. The molecule has 0 saturated carbocycles. The van der Waals surface area contributed by atoms with Gasteiger partial charge in [-0.3, -0.25) is 4.79 Å². The van der Waals surface area contributed by atoms with Gasteiger partial charge in [0.15, 0.2) is 0 Å². The lowest BCUT2D eigenvalue weighted by molar-refractivity contribution is -0.119. The van der Waals surface area contributed by atoms with Crippen molar-refractivity contribution in [1.82, 2.24) is 10.0 Å². The summed E-state index contributed by atoms with van der Waals surface area (Å²) in [5, 5.41) is 2.70. The van der Waals surface area contributed by atoms with E-state index in [9.17, 15) is 13.2 Å². The van der Waals surface area contributed by atoms with Gasteiger partial charge < -0.3 is 15.8 Å². The molecule has 4 N–H and O–H groups in total. The number of nitrogens with one attached hydrogen (secondary N) is 2. The second-order valence-corrected chi connectivity index (χ2v) is 6.78. The van der Waals surface area contributed by atoms with Gasteiger partial charge in [0.1, 0.15) is 12.4 Å². The first-order valence-corrected chi connectivity index (χ1v) is 8.35. The Morgan fingerprint density at radius 1 is 1.38 bits per heavy atom. The molecule has 1 aromatic rings. The zero-order chi connectivity index (χ0) is 15.3. The number of anilines is 1. The fraction of sp³-hybridized carbons (Fsp3) is 0.462. The fourth-order valence-electron chi connectivity index (χ4n) is 2.00. The Morgan fingerprint density at radius 3 is 2.81 bits per heavy atom. The van der Waals surface area contributed by atoms with Gasteiger partial charge in [-0.1, -0.05) is 12.1 Å². The average molecular weight is 313 g/mol. The van der Waals surface area contributed by atoms with E-state index in [1.165, 1.54) is 0 Å². The highest BCUT2D eigenvalue weighted by Gasteiger charge is 2.22. The Labute approximate surface area is 123 Å². The minimum absolute atomic E-state index is 0.0145. The van der Waals surface area contributed by atoms with Gasteiger partial charge in [-0.15, -0.1) is 0 Å². The average Bonchev–Trinajstić information content (AvgIpc) is 2.85. The lowest BCUT2D eigenvalue weighted by Crippen LogP contribution is -2.39. The van der Waals surface area contributed by atoms with Gasteiger partial charge in [0.2, 0.25) is 15.9 Å². The number of nitrogen functional groups attached to an aromatic ring is 1. The number of benzene rings is 1.